The molecule has 0 unspecified atom stereocenters. The molecule has 1 aliphatic rings. The highest BCUT2D eigenvalue weighted by Gasteiger charge is 2.34. The quantitative estimate of drug-likeness (QED) is 0.561. The summed E-state index contributed by atoms with van der Waals surface area (Å²) in [6, 6.07) is 23.4. The first-order chi connectivity index (χ1) is 17.0. The van der Waals surface area contributed by atoms with E-state index in [1.54, 1.807) is 60.5 Å². The first-order valence-electron chi connectivity index (χ1n) is 11.4. The fraction of sp³-hybridized carbons (Fsp3) is 0.222. The second-order valence-electron chi connectivity index (χ2n) is 8.18. The number of nitrogens with zero attached hydrogens (tertiary/aromatic N) is 3. The van der Waals surface area contributed by atoms with Crippen molar-refractivity contribution >= 4 is 34.9 Å². The predicted octanol–water partition coefficient (Wildman–Crippen LogP) is 4.13. The van der Waals surface area contributed by atoms with E-state index in [0.29, 0.717) is 36.0 Å². The number of carbonyl (C=O) groups is 3. The number of ether oxygens (including phenoxy) is 1. The summed E-state index contributed by atoms with van der Waals surface area (Å²) in [5.41, 5.74) is 2.68. The van der Waals surface area contributed by atoms with Gasteiger partial charge in [0.25, 0.3) is 0 Å². The molecular formula is C27H28N4O4. The van der Waals surface area contributed by atoms with Crippen molar-refractivity contribution in [1.29, 1.82) is 0 Å². The van der Waals surface area contributed by atoms with Crippen molar-refractivity contribution < 1.29 is 19.1 Å². The Labute approximate surface area is 204 Å². The van der Waals surface area contributed by atoms with Gasteiger partial charge in [0.05, 0.1) is 18.0 Å². The summed E-state index contributed by atoms with van der Waals surface area (Å²) in [4.78, 5) is 43.5. The SMILES string of the molecule is CCOc1ccc(NC(=O)N2CC(=O)N(CC(=O)N(C)Cc3ccccc3)c3ccccc32)cc1. The maximum Gasteiger partial charge on any atom is 0.326 e. The standard InChI is InChI=1S/C27H28N4O4/c1-3-35-22-15-13-21(14-16-22)28-27(34)31-19-26(33)30(23-11-7-8-12-24(23)31)18-25(32)29(2)17-20-9-5-4-6-10-20/h4-16H,3,17-19H2,1-2H3,(H,28,34). The normalized spacial score (nSPS) is 12.7. The van der Waals surface area contributed by atoms with Crippen LogP contribution in [-0.2, 0) is 16.1 Å². The van der Waals surface area contributed by atoms with Crippen molar-refractivity contribution in [3.05, 3.63) is 84.4 Å². The van der Waals surface area contributed by atoms with Gasteiger partial charge in [0, 0.05) is 19.3 Å². The van der Waals surface area contributed by atoms with E-state index < -0.39 is 6.03 Å². The lowest BCUT2D eigenvalue weighted by Gasteiger charge is -2.36. The van der Waals surface area contributed by atoms with Crippen molar-refractivity contribution in [3.8, 4) is 5.75 Å². The molecule has 0 aliphatic carbocycles. The van der Waals surface area contributed by atoms with Crippen molar-refractivity contribution in [2.45, 2.75) is 13.5 Å². The lowest BCUT2D eigenvalue weighted by molar-refractivity contribution is -0.130. The Morgan fingerprint density at radius 2 is 1.60 bits per heavy atom. The molecule has 0 atom stereocenters. The zero-order valence-corrected chi connectivity index (χ0v) is 19.8. The predicted molar refractivity (Wildman–Crippen MR) is 136 cm³/mol. The van der Waals surface area contributed by atoms with Crippen LogP contribution in [0.25, 0.3) is 0 Å². The van der Waals surface area contributed by atoms with Gasteiger partial charge in [-0.25, -0.2) is 4.79 Å². The molecule has 1 heterocycles. The third-order valence-electron chi connectivity index (χ3n) is 5.70. The van der Waals surface area contributed by atoms with Crippen LogP contribution >= 0.6 is 0 Å². The number of rotatable bonds is 7. The molecule has 1 N–H and O–H groups in total. The molecule has 0 fully saturated rings. The van der Waals surface area contributed by atoms with Crippen molar-refractivity contribution in [1.82, 2.24) is 4.90 Å². The van der Waals surface area contributed by atoms with E-state index in [0.717, 1.165) is 5.56 Å². The smallest absolute Gasteiger partial charge is 0.326 e. The number of carbonyl (C=O) groups excluding carboxylic acids is 3. The van der Waals surface area contributed by atoms with Crippen LogP contribution in [-0.4, -0.2) is 49.5 Å². The number of para-hydroxylation sites is 2. The highest BCUT2D eigenvalue weighted by Crippen LogP contribution is 2.34. The Kier molecular flexibility index (Phi) is 7.30. The number of urea groups is 1. The largest absolute Gasteiger partial charge is 0.494 e. The number of nitrogens with one attached hydrogen (secondary N) is 1. The van der Waals surface area contributed by atoms with Gasteiger partial charge in [0.1, 0.15) is 18.8 Å². The third kappa shape index (κ3) is 5.60. The lowest BCUT2D eigenvalue weighted by Crippen LogP contribution is -2.52. The van der Waals surface area contributed by atoms with Crippen LogP contribution in [0, 0.1) is 0 Å². The van der Waals surface area contributed by atoms with Crippen LogP contribution in [0.2, 0.25) is 0 Å². The average molecular weight is 473 g/mol. The molecule has 0 bridgehead atoms. The van der Waals surface area contributed by atoms with E-state index in [2.05, 4.69) is 5.32 Å². The van der Waals surface area contributed by atoms with Crippen LogP contribution in [0.3, 0.4) is 0 Å². The second-order valence-corrected chi connectivity index (χ2v) is 8.18. The molecule has 4 amide bonds. The summed E-state index contributed by atoms with van der Waals surface area (Å²) in [7, 11) is 1.71. The maximum absolute atomic E-state index is 13.1. The van der Waals surface area contributed by atoms with Crippen molar-refractivity contribution in [3.63, 3.8) is 0 Å². The zero-order chi connectivity index (χ0) is 24.8. The van der Waals surface area contributed by atoms with Crippen LogP contribution in [0.15, 0.2) is 78.9 Å². The molecule has 8 heteroatoms. The zero-order valence-electron chi connectivity index (χ0n) is 19.8. The first-order valence-corrected chi connectivity index (χ1v) is 11.4. The van der Waals surface area contributed by atoms with Crippen molar-refractivity contribution in [2.75, 3.05) is 41.9 Å². The monoisotopic (exact) mass is 472 g/mol. The van der Waals surface area contributed by atoms with Gasteiger partial charge in [0.2, 0.25) is 11.8 Å². The fourth-order valence-corrected chi connectivity index (χ4v) is 3.91. The summed E-state index contributed by atoms with van der Waals surface area (Å²) in [5, 5.41) is 2.83. The minimum atomic E-state index is -0.429. The van der Waals surface area contributed by atoms with Gasteiger partial charge in [-0.05, 0) is 48.9 Å². The van der Waals surface area contributed by atoms with E-state index in [4.69, 9.17) is 4.74 Å². The van der Waals surface area contributed by atoms with E-state index >= 15 is 0 Å². The molecule has 0 saturated heterocycles. The molecule has 3 aromatic rings. The summed E-state index contributed by atoms with van der Waals surface area (Å²) < 4.78 is 5.43. The molecule has 1 aliphatic heterocycles. The van der Waals surface area contributed by atoms with Crippen LogP contribution in [0.1, 0.15) is 12.5 Å². The minimum absolute atomic E-state index is 0.104. The Bertz CT molecular complexity index is 1200. The van der Waals surface area contributed by atoms with Crippen LogP contribution in [0.5, 0.6) is 5.75 Å². The molecule has 3 aromatic carbocycles. The summed E-state index contributed by atoms with van der Waals surface area (Å²) >= 11 is 0. The molecule has 0 radical (unpaired) electrons. The molecule has 8 nitrogen and oxygen atoms in total. The van der Waals surface area contributed by atoms with E-state index in [1.165, 1.54) is 9.80 Å². The van der Waals surface area contributed by atoms with Gasteiger partial charge >= 0.3 is 6.03 Å². The number of fused-ring (bicyclic) bond motifs is 1. The topological polar surface area (TPSA) is 82.2 Å². The average Bonchev–Trinajstić information content (AvgIpc) is 2.87. The van der Waals surface area contributed by atoms with Crippen molar-refractivity contribution in [2.24, 2.45) is 0 Å². The highest BCUT2D eigenvalue weighted by molar-refractivity contribution is 6.15. The molecular weight excluding hydrogens is 444 g/mol. The van der Waals surface area contributed by atoms with Gasteiger partial charge in [-0.1, -0.05) is 42.5 Å². The number of hydrogen-bond donors (Lipinski definition) is 1. The number of benzene rings is 3. The minimum Gasteiger partial charge on any atom is -0.494 e. The molecule has 0 aromatic heterocycles. The van der Waals surface area contributed by atoms with Gasteiger partial charge in [-0.15, -0.1) is 0 Å². The van der Waals surface area contributed by atoms with E-state index in [-0.39, 0.29) is 24.9 Å². The summed E-state index contributed by atoms with van der Waals surface area (Å²) in [6.45, 7) is 2.63. The van der Waals surface area contributed by atoms with E-state index in [9.17, 15) is 14.4 Å². The molecule has 4 rings (SSSR count). The Morgan fingerprint density at radius 1 is 0.943 bits per heavy atom. The third-order valence-corrected chi connectivity index (χ3v) is 5.70. The van der Waals surface area contributed by atoms with Gasteiger partial charge in [-0.2, -0.15) is 0 Å². The Morgan fingerprint density at radius 3 is 2.29 bits per heavy atom. The molecule has 180 valence electrons. The summed E-state index contributed by atoms with van der Waals surface area (Å²) in [5.74, 6) is 0.192. The molecule has 0 saturated carbocycles. The number of hydrogen-bond acceptors (Lipinski definition) is 4. The number of likely N-dealkylation sites (N-methyl/N-ethyl adjacent to an activating group) is 1. The Balaban J connectivity index is 1.48. The highest BCUT2D eigenvalue weighted by atomic mass is 16.5. The first kappa shape index (κ1) is 23.8. The van der Waals surface area contributed by atoms with Gasteiger partial charge in [-0.3, -0.25) is 19.4 Å². The lowest BCUT2D eigenvalue weighted by atomic mass is 10.1. The van der Waals surface area contributed by atoms with E-state index in [1.807, 2.05) is 37.3 Å². The Hall–Kier alpha value is -4.33. The summed E-state index contributed by atoms with van der Waals surface area (Å²) in [6.07, 6.45) is 0. The fourth-order valence-electron chi connectivity index (χ4n) is 3.91. The molecule has 0 spiro atoms. The molecule has 35 heavy (non-hydrogen) atoms. The van der Waals surface area contributed by atoms with Gasteiger partial charge < -0.3 is 15.0 Å². The maximum atomic E-state index is 13.1. The van der Waals surface area contributed by atoms with Gasteiger partial charge in [0.15, 0.2) is 0 Å². The number of anilines is 3. The van der Waals surface area contributed by atoms with Crippen LogP contribution in [0.4, 0.5) is 21.9 Å². The second kappa shape index (κ2) is 10.7. The number of amides is 4. The van der Waals surface area contributed by atoms with Crippen LogP contribution < -0.4 is 19.9 Å².